The molecule has 2 aliphatic rings. The van der Waals surface area contributed by atoms with Crippen molar-refractivity contribution in [2.24, 2.45) is 23.7 Å². The van der Waals surface area contributed by atoms with Crippen molar-refractivity contribution in [1.82, 2.24) is 0 Å². The molecule has 12 heavy (non-hydrogen) atoms. The van der Waals surface area contributed by atoms with E-state index in [1.54, 1.807) is 19.3 Å². The zero-order valence-corrected chi connectivity index (χ0v) is 8.55. The molecule has 70 valence electrons. The molecule has 0 aromatic heterocycles. The third-order valence-corrected chi connectivity index (χ3v) is 4.37. The van der Waals surface area contributed by atoms with Gasteiger partial charge in [-0.1, -0.05) is 33.1 Å². The maximum atomic E-state index is 2.47. The zero-order valence-electron chi connectivity index (χ0n) is 8.55. The van der Waals surface area contributed by atoms with Gasteiger partial charge in [-0.3, -0.25) is 0 Å². The summed E-state index contributed by atoms with van der Waals surface area (Å²) < 4.78 is 0. The van der Waals surface area contributed by atoms with Gasteiger partial charge in [-0.05, 0) is 42.9 Å². The van der Waals surface area contributed by atoms with Crippen LogP contribution in [0.15, 0.2) is 0 Å². The lowest BCUT2D eigenvalue weighted by Gasteiger charge is -2.18. The molecule has 0 heteroatoms. The molecule has 0 heterocycles. The van der Waals surface area contributed by atoms with Gasteiger partial charge in [0.15, 0.2) is 0 Å². The van der Waals surface area contributed by atoms with Crippen molar-refractivity contribution in [2.75, 3.05) is 0 Å². The Bertz CT molecular complexity index is 150. The summed E-state index contributed by atoms with van der Waals surface area (Å²) in [4.78, 5) is 0. The highest BCUT2D eigenvalue weighted by Crippen LogP contribution is 2.51. The van der Waals surface area contributed by atoms with Crippen LogP contribution in [-0.4, -0.2) is 0 Å². The fourth-order valence-corrected chi connectivity index (χ4v) is 3.74. The Morgan fingerprint density at radius 3 is 2.50 bits per heavy atom. The summed E-state index contributed by atoms with van der Waals surface area (Å²) in [6.07, 6.45) is 9.09. The first kappa shape index (κ1) is 8.59. The van der Waals surface area contributed by atoms with Crippen LogP contribution in [0.3, 0.4) is 0 Å². The molecule has 0 saturated heterocycles. The summed E-state index contributed by atoms with van der Waals surface area (Å²) in [5.41, 5.74) is 0. The van der Waals surface area contributed by atoms with Gasteiger partial charge >= 0.3 is 0 Å². The first-order chi connectivity index (χ1) is 5.83. The van der Waals surface area contributed by atoms with E-state index >= 15 is 0 Å². The van der Waals surface area contributed by atoms with Gasteiger partial charge in [-0.25, -0.2) is 0 Å². The van der Waals surface area contributed by atoms with E-state index in [1.165, 1.54) is 19.3 Å². The van der Waals surface area contributed by atoms with Crippen molar-refractivity contribution in [3.63, 3.8) is 0 Å². The second-order valence-corrected chi connectivity index (χ2v) is 5.01. The Morgan fingerprint density at radius 1 is 1.00 bits per heavy atom. The van der Waals surface area contributed by atoms with Crippen LogP contribution in [0.25, 0.3) is 0 Å². The highest BCUT2D eigenvalue weighted by atomic mass is 14.5. The van der Waals surface area contributed by atoms with Crippen LogP contribution in [-0.2, 0) is 0 Å². The fraction of sp³-hybridized carbons (Fsp3) is 1.00. The standard InChI is InChI=1S/C12H22/c1-3-4-10-6-8-11-9(2)5-7-12(10)11/h9-12H,3-8H2,1-2H3/t9?,10-,11-,12?/m1/s1. The third-order valence-electron chi connectivity index (χ3n) is 4.37. The summed E-state index contributed by atoms with van der Waals surface area (Å²) >= 11 is 0. The van der Waals surface area contributed by atoms with Crippen LogP contribution in [0.5, 0.6) is 0 Å². The van der Waals surface area contributed by atoms with E-state index in [2.05, 4.69) is 13.8 Å². The Hall–Kier alpha value is 0. The molecule has 2 aliphatic carbocycles. The van der Waals surface area contributed by atoms with E-state index in [9.17, 15) is 0 Å². The van der Waals surface area contributed by atoms with Crippen LogP contribution in [0.1, 0.15) is 52.4 Å². The number of fused-ring (bicyclic) bond motifs is 1. The maximum absolute atomic E-state index is 2.47. The smallest absolute Gasteiger partial charge is 0.0355 e. The van der Waals surface area contributed by atoms with E-state index in [0.717, 1.165) is 23.7 Å². The topological polar surface area (TPSA) is 0 Å². The molecule has 0 amide bonds. The quantitative estimate of drug-likeness (QED) is 0.584. The molecular weight excluding hydrogens is 144 g/mol. The Morgan fingerprint density at radius 2 is 1.75 bits per heavy atom. The van der Waals surface area contributed by atoms with Gasteiger partial charge in [0.1, 0.15) is 0 Å². The highest BCUT2D eigenvalue weighted by Gasteiger charge is 2.41. The predicted molar refractivity (Wildman–Crippen MR) is 53.0 cm³/mol. The Labute approximate surface area is 76.7 Å². The molecule has 2 saturated carbocycles. The van der Waals surface area contributed by atoms with Crippen LogP contribution in [0.2, 0.25) is 0 Å². The van der Waals surface area contributed by atoms with E-state index < -0.39 is 0 Å². The summed E-state index contributed by atoms with van der Waals surface area (Å²) in [5.74, 6) is 4.43. The molecular formula is C12H22. The molecule has 2 fully saturated rings. The highest BCUT2D eigenvalue weighted by molar-refractivity contribution is 4.92. The average molecular weight is 166 g/mol. The summed E-state index contributed by atoms with van der Waals surface area (Å²) in [6.45, 7) is 4.81. The van der Waals surface area contributed by atoms with Crippen molar-refractivity contribution >= 4 is 0 Å². The van der Waals surface area contributed by atoms with Gasteiger partial charge in [0, 0.05) is 0 Å². The summed E-state index contributed by atoms with van der Waals surface area (Å²) in [7, 11) is 0. The van der Waals surface area contributed by atoms with Crippen molar-refractivity contribution in [3.05, 3.63) is 0 Å². The first-order valence-electron chi connectivity index (χ1n) is 5.83. The molecule has 2 unspecified atom stereocenters. The predicted octanol–water partition coefficient (Wildman–Crippen LogP) is 3.86. The third kappa shape index (κ3) is 1.30. The lowest BCUT2D eigenvalue weighted by Crippen LogP contribution is -2.11. The van der Waals surface area contributed by atoms with Gasteiger partial charge in [-0.15, -0.1) is 0 Å². The Kier molecular flexibility index (Phi) is 2.43. The minimum absolute atomic E-state index is 1.05. The van der Waals surface area contributed by atoms with E-state index in [1.807, 2.05) is 0 Å². The average Bonchev–Trinajstić information content (AvgIpc) is 2.58. The molecule has 0 aromatic rings. The molecule has 2 rings (SSSR count). The van der Waals surface area contributed by atoms with Crippen molar-refractivity contribution in [2.45, 2.75) is 52.4 Å². The number of hydrogen-bond donors (Lipinski definition) is 0. The van der Waals surface area contributed by atoms with Crippen molar-refractivity contribution < 1.29 is 0 Å². The van der Waals surface area contributed by atoms with Gasteiger partial charge < -0.3 is 0 Å². The molecule has 0 nitrogen and oxygen atoms in total. The van der Waals surface area contributed by atoms with E-state index in [4.69, 9.17) is 0 Å². The van der Waals surface area contributed by atoms with Gasteiger partial charge in [0.05, 0.1) is 0 Å². The van der Waals surface area contributed by atoms with E-state index in [-0.39, 0.29) is 0 Å². The summed E-state index contributed by atoms with van der Waals surface area (Å²) in [5, 5.41) is 0. The second kappa shape index (κ2) is 3.40. The van der Waals surface area contributed by atoms with Crippen LogP contribution in [0.4, 0.5) is 0 Å². The van der Waals surface area contributed by atoms with Gasteiger partial charge in [-0.2, -0.15) is 0 Å². The molecule has 0 aromatic carbocycles. The van der Waals surface area contributed by atoms with E-state index in [0.29, 0.717) is 0 Å². The molecule has 0 bridgehead atoms. The second-order valence-electron chi connectivity index (χ2n) is 5.01. The number of hydrogen-bond acceptors (Lipinski definition) is 0. The normalized spacial score (nSPS) is 46.5. The molecule has 0 spiro atoms. The lowest BCUT2D eigenvalue weighted by atomic mass is 9.87. The molecule has 0 N–H and O–H groups in total. The van der Waals surface area contributed by atoms with Gasteiger partial charge in [0.25, 0.3) is 0 Å². The largest absolute Gasteiger partial charge is 0.0654 e. The maximum Gasteiger partial charge on any atom is -0.0355 e. The van der Waals surface area contributed by atoms with Gasteiger partial charge in [0.2, 0.25) is 0 Å². The fourth-order valence-electron chi connectivity index (χ4n) is 3.74. The zero-order chi connectivity index (χ0) is 8.55. The Balaban J connectivity index is 1.96. The SMILES string of the molecule is CCC[C@@H]1CC[C@@H]2C(C)CCC12. The molecule has 0 aliphatic heterocycles. The van der Waals surface area contributed by atoms with Crippen LogP contribution >= 0.6 is 0 Å². The van der Waals surface area contributed by atoms with Crippen LogP contribution in [0, 0.1) is 23.7 Å². The molecule has 4 atom stereocenters. The first-order valence-corrected chi connectivity index (χ1v) is 5.83. The molecule has 0 radical (unpaired) electrons. The minimum Gasteiger partial charge on any atom is -0.0654 e. The van der Waals surface area contributed by atoms with Crippen molar-refractivity contribution in [1.29, 1.82) is 0 Å². The summed E-state index contributed by atoms with van der Waals surface area (Å²) in [6, 6.07) is 0. The lowest BCUT2D eigenvalue weighted by molar-refractivity contribution is 0.311. The van der Waals surface area contributed by atoms with Crippen molar-refractivity contribution in [3.8, 4) is 0 Å². The minimum atomic E-state index is 1.05. The number of rotatable bonds is 2. The monoisotopic (exact) mass is 166 g/mol. The van der Waals surface area contributed by atoms with Crippen LogP contribution < -0.4 is 0 Å².